The van der Waals surface area contributed by atoms with Crippen LogP contribution >= 0.6 is 0 Å². The molecule has 0 aliphatic carbocycles. The maximum Gasteiger partial charge on any atom is 0.150 e. The molecule has 1 aromatic heterocycles. The Morgan fingerprint density at radius 2 is 2.04 bits per heavy atom. The fourth-order valence-electron chi connectivity index (χ4n) is 3.37. The zero-order chi connectivity index (χ0) is 16.6. The number of aliphatic imine (C=N–C) groups is 1. The Labute approximate surface area is 136 Å². The average molecular weight is 313 g/mol. The summed E-state index contributed by atoms with van der Waals surface area (Å²) >= 11 is 0. The highest BCUT2D eigenvalue weighted by Gasteiger charge is 2.40. The molecule has 122 valence electrons. The number of benzene rings is 1. The van der Waals surface area contributed by atoms with Crippen molar-refractivity contribution in [2.45, 2.75) is 26.2 Å². The molecule has 0 saturated heterocycles. The van der Waals surface area contributed by atoms with Gasteiger partial charge in [0.2, 0.25) is 0 Å². The lowest BCUT2D eigenvalue weighted by atomic mass is 9.72. The number of aromatic nitrogens is 1. The number of nitrogens with zero attached hydrogens (tertiary/aromatic N) is 2. The summed E-state index contributed by atoms with van der Waals surface area (Å²) in [5.74, 6) is 0.456. The quantitative estimate of drug-likeness (QED) is 0.889. The van der Waals surface area contributed by atoms with Crippen LogP contribution in [0.15, 0.2) is 29.3 Å². The van der Waals surface area contributed by atoms with Crippen molar-refractivity contribution < 1.29 is 9.84 Å². The van der Waals surface area contributed by atoms with Gasteiger partial charge in [-0.1, -0.05) is 32.0 Å². The maximum atomic E-state index is 9.93. The van der Waals surface area contributed by atoms with Crippen molar-refractivity contribution in [2.75, 3.05) is 26.1 Å². The van der Waals surface area contributed by atoms with Gasteiger partial charge in [-0.3, -0.25) is 4.99 Å². The normalized spacial score (nSPS) is 17.4. The Morgan fingerprint density at radius 1 is 1.30 bits per heavy atom. The van der Waals surface area contributed by atoms with Crippen LogP contribution in [0.5, 0.6) is 0 Å². The fourth-order valence-corrected chi connectivity index (χ4v) is 3.37. The Balaban J connectivity index is 2.23. The number of aliphatic hydroxyl groups excluding tert-OH is 1. The summed E-state index contributed by atoms with van der Waals surface area (Å²) in [5, 5.41) is 11.0. The number of nitrogen functional groups attached to an aromatic ring is 1. The third-order valence-corrected chi connectivity index (χ3v) is 4.56. The summed E-state index contributed by atoms with van der Waals surface area (Å²) in [7, 11) is 1.68. The number of ether oxygens (including phenoxy) is 1. The first kappa shape index (κ1) is 15.9. The molecular formula is C18H23N3O2. The van der Waals surface area contributed by atoms with E-state index in [2.05, 4.69) is 24.9 Å². The second kappa shape index (κ2) is 5.91. The number of para-hydroxylation sites is 1. The number of hydrogen-bond acceptors (Lipinski definition) is 5. The monoisotopic (exact) mass is 313 g/mol. The molecule has 0 radical (unpaired) electrons. The van der Waals surface area contributed by atoms with Crippen LogP contribution in [0.2, 0.25) is 0 Å². The van der Waals surface area contributed by atoms with Crippen molar-refractivity contribution in [3.63, 3.8) is 0 Å². The zero-order valence-corrected chi connectivity index (χ0v) is 13.8. The Kier molecular flexibility index (Phi) is 4.08. The number of pyridine rings is 1. The third-order valence-electron chi connectivity index (χ3n) is 4.56. The highest BCUT2D eigenvalue weighted by molar-refractivity contribution is 6.06. The van der Waals surface area contributed by atoms with E-state index in [0.717, 1.165) is 27.9 Å². The number of rotatable bonds is 5. The average Bonchev–Trinajstić information content (AvgIpc) is 2.94. The van der Waals surface area contributed by atoms with Gasteiger partial charge in [-0.2, -0.15) is 0 Å². The van der Waals surface area contributed by atoms with Crippen molar-refractivity contribution >= 4 is 28.1 Å². The summed E-state index contributed by atoms with van der Waals surface area (Å²) < 4.78 is 5.22. The van der Waals surface area contributed by atoms with Crippen molar-refractivity contribution in [3.8, 4) is 0 Å². The molecule has 3 N–H and O–H groups in total. The summed E-state index contributed by atoms with van der Waals surface area (Å²) in [6.45, 7) is 4.77. The van der Waals surface area contributed by atoms with Crippen molar-refractivity contribution in [1.82, 2.24) is 4.98 Å². The van der Waals surface area contributed by atoms with E-state index in [9.17, 15) is 5.11 Å². The molecule has 1 unspecified atom stereocenters. The van der Waals surface area contributed by atoms with Crippen molar-refractivity contribution in [2.24, 2.45) is 10.4 Å². The van der Waals surface area contributed by atoms with E-state index in [0.29, 0.717) is 18.8 Å². The van der Waals surface area contributed by atoms with Gasteiger partial charge in [0.1, 0.15) is 11.5 Å². The lowest BCUT2D eigenvalue weighted by molar-refractivity contribution is 0.150. The van der Waals surface area contributed by atoms with Crippen molar-refractivity contribution in [1.29, 1.82) is 0 Å². The van der Waals surface area contributed by atoms with Crippen LogP contribution < -0.4 is 5.73 Å². The molecule has 5 heteroatoms. The van der Waals surface area contributed by atoms with Crippen molar-refractivity contribution in [3.05, 3.63) is 29.8 Å². The van der Waals surface area contributed by atoms with Gasteiger partial charge < -0.3 is 15.6 Å². The first-order chi connectivity index (χ1) is 11.0. The molecule has 2 aromatic rings. The summed E-state index contributed by atoms with van der Waals surface area (Å²) in [6.07, 6.45) is 0.715. The fraction of sp³-hybridized carbons (Fsp3) is 0.444. The largest absolute Gasteiger partial charge is 0.396 e. The molecule has 0 fully saturated rings. The minimum atomic E-state index is -0.339. The van der Waals surface area contributed by atoms with E-state index in [-0.39, 0.29) is 17.9 Å². The van der Waals surface area contributed by atoms with E-state index in [1.807, 2.05) is 18.2 Å². The van der Waals surface area contributed by atoms with Gasteiger partial charge in [0.25, 0.3) is 0 Å². The topological polar surface area (TPSA) is 80.7 Å². The molecule has 1 aliphatic rings. The highest BCUT2D eigenvalue weighted by atomic mass is 16.5. The molecular weight excluding hydrogens is 290 g/mol. The number of aliphatic hydroxyl groups is 1. The molecule has 0 spiro atoms. The first-order valence-corrected chi connectivity index (χ1v) is 7.85. The van der Waals surface area contributed by atoms with Crippen LogP contribution in [-0.4, -0.2) is 36.1 Å². The Hall–Kier alpha value is -1.98. The van der Waals surface area contributed by atoms with Crippen LogP contribution in [-0.2, 0) is 4.74 Å². The van der Waals surface area contributed by atoms with Crippen LogP contribution in [0, 0.1) is 5.41 Å². The Morgan fingerprint density at radius 3 is 2.74 bits per heavy atom. The molecule has 5 nitrogen and oxygen atoms in total. The van der Waals surface area contributed by atoms with E-state index in [1.165, 1.54) is 0 Å². The molecule has 0 saturated carbocycles. The lowest BCUT2D eigenvalue weighted by Crippen LogP contribution is -2.31. The van der Waals surface area contributed by atoms with Gasteiger partial charge in [0.15, 0.2) is 0 Å². The van der Waals surface area contributed by atoms with Gasteiger partial charge >= 0.3 is 0 Å². The van der Waals surface area contributed by atoms with E-state index in [1.54, 1.807) is 7.11 Å². The SMILES string of the molecule is COCCC1=Nc2c(N)nc3ccccc3c2C1C(C)(C)CO. The standard InChI is InChI=1S/C18H23N3O2/c1-18(2,10-22)15-13(8-9-23-3)20-16-14(15)11-6-4-5-7-12(11)21-17(16)19/h4-7,15,22H,8-10H2,1-3H3,(H2,19,21). The zero-order valence-electron chi connectivity index (χ0n) is 13.8. The summed E-state index contributed by atoms with van der Waals surface area (Å²) in [6, 6.07) is 7.96. The first-order valence-electron chi connectivity index (χ1n) is 7.85. The minimum Gasteiger partial charge on any atom is -0.396 e. The number of anilines is 1. The molecule has 2 heterocycles. The number of methoxy groups -OCH3 is 1. The van der Waals surface area contributed by atoms with Gasteiger partial charge in [0.05, 0.1) is 12.1 Å². The number of nitrogens with two attached hydrogens (primary N) is 1. The lowest BCUT2D eigenvalue weighted by Gasteiger charge is -2.32. The van der Waals surface area contributed by atoms with E-state index in [4.69, 9.17) is 15.5 Å². The van der Waals surface area contributed by atoms with Crippen LogP contribution in [0.25, 0.3) is 10.9 Å². The molecule has 0 bridgehead atoms. The minimum absolute atomic E-state index is 0.00727. The second-order valence-electron chi connectivity index (χ2n) is 6.70. The van der Waals surface area contributed by atoms with Gasteiger partial charge in [-0.05, 0) is 6.07 Å². The van der Waals surface area contributed by atoms with Crippen LogP contribution in [0.3, 0.4) is 0 Å². The van der Waals surface area contributed by atoms with Gasteiger partial charge in [0, 0.05) is 48.1 Å². The molecule has 0 amide bonds. The molecule has 1 aromatic carbocycles. The second-order valence-corrected chi connectivity index (χ2v) is 6.70. The predicted octanol–water partition coefficient (Wildman–Crippen LogP) is 3.04. The summed E-state index contributed by atoms with van der Waals surface area (Å²) in [5.41, 5.74) is 9.53. The molecule has 1 aliphatic heterocycles. The highest BCUT2D eigenvalue weighted by Crippen LogP contribution is 2.50. The molecule has 3 rings (SSSR count). The van der Waals surface area contributed by atoms with Gasteiger partial charge in [-0.25, -0.2) is 4.98 Å². The number of fused-ring (bicyclic) bond motifs is 3. The van der Waals surface area contributed by atoms with Gasteiger partial charge in [-0.15, -0.1) is 0 Å². The van der Waals surface area contributed by atoms with Crippen LogP contribution in [0.1, 0.15) is 31.7 Å². The maximum absolute atomic E-state index is 9.93. The Bertz CT molecular complexity index is 768. The number of hydrogen-bond donors (Lipinski definition) is 2. The van der Waals surface area contributed by atoms with E-state index < -0.39 is 0 Å². The smallest absolute Gasteiger partial charge is 0.150 e. The summed E-state index contributed by atoms with van der Waals surface area (Å²) in [4.78, 5) is 9.25. The third kappa shape index (κ3) is 2.60. The molecule has 1 atom stereocenters. The van der Waals surface area contributed by atoms with E-state index >= 15 is 0 Å². The van der Waals surface area contributed by atoms with Crippen LogP contribution in [0.4, 0.5) is 11.5 Å². The molecule has 23 heavy (non-hydrogen) atoms. The predicted molar refractivity (Wildman–Crippen MR) is 93.4 cm³/mol.